The number of aliphatic hydroxyl groups is 1. The molecule has 0 saturated heterocycles. The Labute approximate surface area is 103 Å². The van der Waals surface area contributed by atoms with Crippen molar-refractivity contribution in [2.75, 3.05) is 20.8 Å². The Morgan fingerprint density at radius 1 is 1.18 bits per heavy atom. The fourth-order valence-electron chi connectivity index (χ4n) is 1.79. The monoisotopic (exact) mass is 238 g/mol. The Morgan fingerprint density at radius 2 is 1.82 bits per heavy atom. The molecule has 0 spiro atoms. The summed E-state index contributed by atoms with van der Waals surface area (Å²) in [6.07, 6.45) is 2.26. The molecule has 3 nitrogen and oxygen atoms in total. The molecule has 0 fully saturated rings. The summed E-state index contributed by atoms with van der Waals surface area (Å²) in [6, 6.07) is 7.94. The summed E-state index contributed by atoms with van der Waals surface area (Å²) in [6.45, 7) is 2.37. The van der Waals surface area contributed by atoms with Crippen LogP contribution in [0.15, 0.2) is 24.3 Å². The molecule has 0 aliphatic heterocycles. The number of aryl methyl sites for hydroxylation is 1. The normalized spacial score (nSPS) is 14.4. The van der Waals surface area contributed by atoms with Gasteiger partial charge in [-0.15, -0.1) is 0 Å². The van der Waals surface area contributed by atoms with Crippen molar-refractivity contribution >= 4 is 0 Å². The van der Waals surface area contributed by atoms with Crippen molar-refractivity contribution in [2.24, 2.45) is 0 Å². The molecule has 0 radical (unpaired) electrons. The van der Waals surface area contributed by atoms with Gasteiger partial charge in [-0.1, -0.05) is 19.1 Å². The van der Waals surface area contributed by atoms with Crippen molar-refractivity contribution in [2.45, 2.75) is 31.8 Å². The number of benzene rings is 1. The molecule has 96 valence electrons. The lowest BCUT2D eigenvalue weighted by Crippen LogP contribution is -2.33. The SMILES string of the molecule is CCC(O)(CCc1ccc(OC)cc1)COC. The molecule has 1 unspecified atom stereocenters. The minimum atomic E-state index is -0.714. The molecule has 1 atom stereocenters. The Bertz CT molecular complexity index is 321. The molecule has 1 aromatic carbocycles. The van der Waals surface area contributed by atoms with Crippen LogP contribution in [-0.4, -0.2) is 31.5 Å². The van der Waals surface area contributed by atoms with Gasteiger partial charge >= 0.3 is 0 Å². The second-order valence-corrected chi connectivity index (χ2v) is 4.36. The van der Waals surface area contributed by atoms with Gasteiger partial charge in [0, 0.05) is 7.11 Å². The first-order valence-electron chi connectivity index (χ1n) is 5.98. The van der Waals surface area contributed by atoms with Crippen LogP contribution >= 0.6 is 0 Å². The maximum atomic E-state index is 10.2. The predicted octanol–water partition coefficient (Wildman–Crippen LogP) is 2.42. The third kappa shape index (κ3) is 4.36. The number of ether oxygens (including phenoxy) is 2. The lowest BCUT2D eigenvalue weighted by atomic mass is 9.93. The second-order valence-electron chi connectivity index (χ2n) is 4.36. The van der Waals surface area contributed by atoms with E-state index in [1.165, 1.54) is 5.56 Å². The summed E-state index contributed by atoms with van der Waals surface area (Å²) in [5.41, 5.74) is 0.489. The summed E-state index contributed by atoms with van der Waals surface area (Å²) < 4.78 is 10.2. The molecular formula is C14H22O3. The Balaban J connectivity index is 2.53. The van der Waals surface area contributed by atoms with Gasteiger partial charge in [-0.05, 0) is 37.0 Å². The van der Waals surface area contributed by atoms with Crippen molar-refractivity contribution in [1.29, 1.82) is 0 Å². The van der Waals surface area contributed by atoms with Crippen LogP contribution in [0.5, 0.6) is 5.75 Å². The lowest BCUT2D eigenvalue weighted by molar-refractivity contribution is -0.0394. The molecule has 0 aliphatic carbocycles. The van der Waals surface area contributed by atoms with Crippen molar-refractivity contribution in [3.63, 3.8) is 0 Å². The van der Waals surface area contributed by atoms with E-state index in [4.69, 9.17) is 9.47 Å². The Kier molecular flexibility index (Phi) is 5.45. The van der Waals surface area contributed by atoms with E-state index in [-0.39, 0.29) is 0 Å². The number of methoxy groups -OCH3 is 2. The molecule has 1 aromatic rings. The highest BCUT2D eigenvalue weighted by atomic mass is 16.5. The van der Waals surface area contributed by atoms with Crippen LogP contribution in [0.3, 0.4) is 0 Å². The fourth-order valence-corrected chi connectivity index (χ4v) is 1.79. The lowest BCUT2D eigenvalue weighted by Gasteiger charge is -2.25. The highest BCUT2D eigenvalue weighted by Gasteiger charge is 2.23. The summed E-state index contributed by atoms with van der Waals surface area (Å²) >= 11 is 0. The predicted molar refractivity (Wildman–Crippen MR) is 68.4 cm³/mol. The van der Waals surface area contributed by atoms with Gasteiger partial charge in [0.15, 0.2) is 0 Å². The maximum Gasteiger partial charge on any atom is 0.118 e. The van der Waals surface area contributed by atoms with Crippen molar-refractivity contribution < 1.29 is 14.6 Å². The van der Waals surface area contributed by atoms with E-state index >= 15 is 0 Å². The number of hydrogen-bond donors (Lipinski definition) is 1. The van der Waals surface area contributed by atoms with E-state index in [1.54, 1.807) is 14.2 Å². The van der Waals surface area contributed by atoms with Gasteiger partial charge in [-0.25, -0.2) is 0 Å². The van der Waals surface area contributed by atoms with E-state index in [9.17, 15) is 5.11 Å². The molecule has 17 heavy (non-hydrogen) atoms. The van der Waals surface area contributed by atoms with Crippen LogP contribution in [0.25, 0.3) is 0 Å². The number of hydrogen-bond acceptors (Lipinski definition) is 3. The molecule has 1 rings (SSSR count). The molecule has 1 N–H and O–H groups in total. The first-order valence-corrected chi connectivity index (χ1v) is 5.98. The summed E-state index contributed by atoms with van der Waals surface area (Å²) in [5.74, 6) is 0.858. The highest BCUT2D eigenvalue weighted by Crippen LogP contribution is 2.20. The van der Waals surface area contributed by atoms with E-state index in [0.29, 0.717) is 19.4 Å². The molecule has 0 heterocycles. The van der Waals surface area contributed by atoms with Gasteiger partial charge in [0.2, 0.25) is 0 Å². The second kappa shape index (κ2) is 6.62. The van der Waals surface area contributed by atoms with Crippen molar-refractivity contribution in [3.8, 4) is 5.75 Å². The van der Waals surface area contributed by atoms with Crippen molar-refractivity contribution in [1.82, 2.24) is 0 Å². The van der Waals surface area contributed by atoms with Gasteiger partial charge in [-0.2, -0.15) is 0 Å². The zero-order valence-electron chi connectivity index (χ0n) is 10.9. The first-order chi connectivity index (χ1) is 8.13. The van der Waals surface area contributed by atoms with Crippen LogP contribution in [0.1, 0.15) is 25.3 Å². The zero-order valence-corrected chi connectivity index (χ0v) is 10.9. The van der Waals surface area contributed by atoms with Crippen molar-refractivity contribution in [3.05, 3.63) is 29.8 Å². The highest BCUT2D eigenvalue weighted by molar-refractivity contribution is 5.27. The quantitative estimate of drug-likeness (QED) is 0.793. The van der Waals surface area contributed by atoms with E-state index < -0.39 is 5.60 Å². The van der Waals surface area contributed by atoms with Crippen LogP contribution < -0.4 is 4.74 Å². The standard InChI is InChI=1S/C14H22O3/c1-4-14(15,11-16-2)10-9-12-5-7-13(17-3)8-6-12/h5-8,15H,4,9-11H2,1-3H3. The van der Waals surface area contributed by atoms with Crippen LogP contribution in [0, 0.1) is 0 Å². The van der Waals surface area contributed by atoms with E-state index in [2.05, 4.69) is 0 Å². The third-order valence-corrected chi connectivity index (χ3v) is 3.11. The molecule has 3 heteroatoms. The molecule has 0 saturated carbocycles. The van der Waals surface area contributed by atoms with Gasteiger partial charge in [0.25, 0.3) is 0 Å². The van der Waals surface area contributed by atoms with Gasteiger partial charge < -0.3 is 14.6 Å². The minimum Gasteiger partial charge on any atom is -0.497 e. The average molecular weight is 238 g/mol. The van der Waals surface area contributed by atoms with E-state index in [1.807, 2.05) is 31.2 Å². The molecule has 0 bridgehead atoms. The van der Waals surface area contributed by atoms with Crippen LogP contribution in [-0.2, 0) is 11.2 Å². The first kappa shape index (κ1) is 14.0. The summed E-state index contributed by atoms with van der Waals surface area (Å²) in [5, 5.41) is 10.2. The summed E-state index contributed by atoms with van der Waals surface area (Å²) in [7, 11) is 3.28. The van der Waals surface area contributed by atoms with Gasteiger partial charge in [0.1, 0.15) is 5.75 Å². The smallest absolute Gasteiger partial charge is 0.118 e. The third-order valence-electron chi connectivity index (χ3n) is 3.11. The maximum absolute atomic E-state index is 10.2. The minimum absolute atomic E-state index is 0.389. The van der Waals surface area contributed by atoms with Gasteiger partial charge in [-0.3, -0.25) is 0 Å². The fraction of sp³-hybridized carbons (Fsp3) is 0.571. The molecule has 0 aromatic heterocycles. The Hall–Kier alpha value is -1.06. The molecule has 0 amide bonds. The topological polar surface area (TPSA) is 38.7 Å². The van der Waals surface area contributed by atoms with Gasteiger partial charge in [0.05, 0.1) is 19.3 Å². The average Bonchev–Trinajstić information content (AvgIpc) is 2.37. The van der Waals surface area contributed by atoms with E-state index in [0.717, 1.165) is 12.2 Å². The van der Waals surface area contributed by atoms with Crippen LogP contribution in [0.2, 0.25) is 0 Å². The van der Waals surface area contributed by atoms with Crippen LogP contribution in [0.4, 0.5) is 0 Å². The number of rotatable bonds is 7. The summed E-state index contributed by atoms with van der Waals surface area (Å²) in [4.78, 5) is 0. The molecular weight excluding hydrogens is 216 g/mol. The molecule has 0 aliphatic rings. The zero-order chi connectivity index (χ0) is 12.7. The largest absolute Gasteiger partial charge is 0.497 e. The Morgan fingerprint density at radius 3 is 2.29 bits per heavy atom.